The minimum absolute atomic E-state index is 0.223. The molecule has 0 radical (unpaired) electrons. The van der Waals surface area contributed by atoms with E-state index in [-0.39, 0.29) is 6.61 Å². The Morgan fingerprint density at radius 3 is 2.60 bits per heavy atom. The highest BCUT2D eigenvalue weighted by molar-refractivity contribution is 5.93. The van der Waals surface area contributed by atoms with Gasteiger partial charge in [-0.3, -0.25) is 4.98 Å². The molecule has 1 aliphatic heterocycles. The first-order chi connectivity index (χ1) is 17.0. The molecule has 5 rings (SSSR count). The summed E-state index contributed by atoms with van der Waals surface area (Å²) in [6.45, 7) is 3.71. The highest BCUT2D eigenvalue weighted by atomic mass is 16.5. The third-order valence-corrected chi connectivity index (χ3v) is 5.77. The molecule has 0 saturated heterocycles. The van der Waals surface area contributed by atoms with E-state index in [4.69, 9.17) is 23.9 Å². The van der Waals surface area contributed by atoms with Gasteiger partial charge in [0, 0.05) is 18.0 Å². The highest BCUT2D eigenvalue weighted by Crippen LogP contribution is 2.46. The third kappa shape index (κ3) is 3.82. The molecule has 0 aliphatic carbocycles. The van der Waals surface area contributed by atoms with Crippen LogP contribution in [0.5, 0.6) is 17.4 Å². The molecule has 0 fully saturated rings. The van der Waals surface area contributed by atoms with Crippen LogP contribution in [-0.4, -0.2) is 51.4 Å². The average Bonchev–Trinajstić information content (AvgIpc) is 3.32. The van der Waals surface area contributed by atoms with Crippen LogP contribution in [0.2, 0.25) is 0 Å². The van der Waals surface area contributed by atoms with Gasteiger partial charge in [0.1, 0.15) is 12.1 Å². The van der Waals surface area contributed by atoms with E-state index in [0.717, 1.165) is 11.1 Å². The van der Waals surface area contributed by atoms with Gasteiger partial charge < -0.3 is 18.9 Å². The summed E-state index contributed by atoms with van der Waals surface area (Å²) >= 11 is 0. The number of carbonyl (C=O) groups is 1. The van der Waals surface area contributed by atoms with Gasteiger partial charge in [-0.25, -0.2) is 19.3 Å². The monoisotopic (exact) mass is 473 g/mol. The molecule has 10 heteroatoms. The zero-order valence-electron chi connectivity index (χ0n) is 19.7. The Balaban J connectivity index is 1.77. The number of pyridine rings is 1. The number of aromatic nitrogens is 5. The van der Waals surface area contributed by atoms with Gasteiger partial charge in [0.15, 0.2) is 23.0 Å². The molecule has 178 valence electrons. The summed E-state index contributed by atoms with van der Waals surface area (Å²) in [6.07, 6.45) is 4.89. The van der Waals surface area contributed by atoms with Gasteiger partial charge in [-0.15, -0.1) is 5.10 Å². The van der Waals surface area contributed by atoms with Crippen molar-refractivity contribution in [3.63, 3.8) is 0 Å². The number of nitrogens with zero attached hydrogens (tertiary/aromatic N) is 5. The number of hydrogen-bond donors (Lipinski definition) is 0. The van der Waals surface area contributed by atoms with Crippen LogP contribution < -0.4 is 14.2 Å². The first-order valence-corrected chi connectivity index (χ1v) is 11.0. The number of allylic oxidation sites excluding steroid dienone is 1. The lowest BCUT2D eigenvalue weighted by molar-refractivity contribution is -0.139. The summed E-state index contributed by atoms with van der Waals surface area (Å²) in [5.74, 6) is 1.27. The summed E-state index contributed by atoms with van der Waals surface area (Å²) < 4.78 is 23.9. The molecule has 0 amide bonds. The van der Waals surface area contributed by atoms with E-state index >= 15 is 0 Å². The summed E-state index contributed by atoms with van der Waals surface area (Å²) in [5, 5.41) is 4.59. The molecule has 0 unspecified atom stereocenters. The lowest BCUT2D eigenvalue weighted by Gasteiger charge is -2.28. The van der Waals surface area contributed by atoms with Crippen LogP contribution in [-0.2, 0) is 9.53 Å². The van der Waals surface area contributed by atoms with Crippen LogP contribution in [0.25, 0.3) is 17.0 Å². The second-order valence-corrected chi connectivity index (χ2v) is 7.74. The standard InChI is InChI=1S/C25H23N5O5/c1-5-34-25(31)19-14(2)35-24-21(20(19)16-6-7-17(32-3)18(12-16)33-4)23-28-22(29-30(23)13-27-24)15-8-10-26-11-9-15/h6-13,20H,5H2,1-4H3/t20-/m1/s1. The van der Waals surface area contributed by atoms with E-state index in [0.29, 0.717) is 45.7 Å². The van der Waals surface area contributed by atoms with Gasteiger partial charge in [-0.2, -0.15) is 0 Å². The van der Waals surface area contributed by atoms with Crippen molar-refractivity contribution in [1.82, 2.24) is 24.6 Å². The summed E-state index contributed by atoms with van der Waals surface area (Å²) in [7, 11) is 3.13. The number of fused-ring (bicyclic) bond motifs is 3. The molecule has 4 aromatic rings. The number of rotatable bonds is 6. The SMILES string of the molecule is CCOC(=O)C1=C(C)Oc2ncn3nc(-c4ccncc4)nc3c2[C@@H]1c1ccc(OC)c(OC)c1. The van der Waals surface area contributed by atoms with Crippen molar-refractivity contribution >= 4 is 11.6 Å². The number of esters is 1. The minimum atomic E-state index is -0.594. The Labute approximate surface area is 201 Å². The zero-order chi connectivity index (χ0) is 24.5. The Morgan fingerprint density at radius 2 is 1.89 bits per heavy atom. The maximum Gasteiger partial charge on any atom is 0.338 e. The number of carbonyl (C=O) groups excluding carboxylic acids is 1. The topological polar surface area (TPSA) is 110 Å². The predicted molar refractivity (Wildman–Crippen MR) is 125 cm³/mol. The van der Waals surface area contributed by atoms with Crippen molar-refractivity contribution in [2.45, 2.75) is 19.8 Å². The second-order valence-electron chi connectivity index (χ2n) is 7.74. The van der Waals surface area contributed by atoms with Crippen LogP contribution in [0.1, 0.15) is 30.9 Å². The third-order valence-electron chi connectivity index (χ3n) is 5.77. The van der Waals surface area contributed by atoms with Crippen molar-refractivity contribution < 1.29 is 23.7 Å². The highest BCUT2D eigenvalue weighted by Gasteiger charge is 2.38. The molecule has 0 N–H and O–H groups in total. The largest absolute Gasteiger partial charge is 0.493 e. The first kappa shape index (κ1) is 22.3. The van der Waals surface area contributed by atoms with Crippen molar-refractivity contribution in [3.05, 3.63) is 71.5 Å². The number of methoxy groups -OCH3 is 2. The van der Waals surface area contributed by atoms with Crippen molar-refractivity contribution in [1.29, 1.82) is 0 Å². The fourth-order valence-electron chi connectivity index (χ4n) is 4.20. The van der Waals surface area contributed by atoms with Gasteiger partial charge in [0.2, 0.25) is 5.88 Å². The van der Waals surface area contributed by atoms with Crippen molar-refractivity contribution in [2.75, 3.05) is 20.8 Å². The Bertz CT molecular complexity index is 1450. The Hall–Kier alpha value is -4.47. The minimum Gasteiger partial charge on any atom is -0.493 e. The van der Waals surface area contributed by atoms with E-state index in [2.05, 4.69) is 15.1 Å². The lowest BCUT2D eigenvalue weighted by atomic mass is 9.83. The normalized spacial score (nSPS) is 14.9. The van der Waals surface area contributed by atoms with Crippen LogP contribution in [0.15, 0.2) is 60.4 Å². The lowest BCUT2D eigenvalue weighted by Crippen LogP contribution is -2.24. The van der Waals surface area contributed by atoms with E-state index in [9.17, 15) is 4.79 Å². The van der Waals surface area contributed by atoms with E-state index < -0.39 is 11.9 Å². The fourth-order valence-corrected chi connectivity index (χ4v) is 4.20. The Morgan fingerprint density at radius 1 is 1.11 bits per heavy atom. The molecular formula is C25H23N5O5. The molecule has 4 heterocycles. The molecule has 1 atom stereocenters. The second kappa shape index (κ2) is 9.05. The Kier molecular flexibility index (Phi) is 5.77. The summed E-state index contributed by atoms with van der Waals surface area (Å²) in [6, 6.07) is 9.14. The van der Waals surface area contributed by atoms with Gasteiger partial charge >= 0.3 is 5.97 Å². The summed E-state index contributed by atoms with van der Waals surface area (Å²) in [4.78, 5) is 26.5. The molecular weight excluding hydrogens is 450 g/mol. The number of benzene rings is 1. The summed E-state index contributed by atoms with van der Waals surface area (Å²) in [5.41, 5.74) is 3.03. The van der Waals surface area contributed by atoms with E-state index in [1.807, 2.05) is 24.3 Å². The van der Waals surface area contributed by atoms with Gasteiger partial charge in [0.25, 0.3) is 0 Å². The van der Waals surface area contributed by atoms with Gasteiger partial charge in [0.05, 0.1) is 37.9 Å². The van der Waals surface area contributed by atoms with E-state index in [1.54, 1.807) is 57.4 Å². The predicted octanol–water partition coefficient (Wildman–Crippen LogP) is 3.56. The van der Waals surface area contributed by atoms with Crippen molar-refractivity contribution in [3.8, 4) is 28.8 Å². The van der Waals surface area contributed by atoms with Gasteiger partial charge in [-0.1, -0.05) is 6.07 Å². The van der Waals surface area contributed by atoms with Crippen molar-refractivity contribution in [2.24, 2.45) is 0 Å². The molecule has 0 bridgehead atoms. The molecule has 3 aromatic heterocycles. The molecule has 10 nitrogen and oxygen atoms in total. The number of hydrogen-bond acceptors (Lipinski definition) is 9. The smallest absolute Gasteiger partial charge is 0.338 e. The molecule has 0 spiro atoms. The van der Waals surface area contributed by atoms with Crippen LogP contribution in [0, 0.1) is 0 Å². The first-order valence-electron chi connectivity index (χ1n) is 11.0. The average molecular weight is 473 g/mol. The van der Waals surface area contributed by atoms with Crippen LogP contribution in [0.3, 0.4) is 0 Å². The fraction of sp³-hybridized carbons (Fsp3) is 0.240. The van der Waals surface area contributed by atoms with Crippen LogP contribution in [0.4, 0.5) is 0 Å². The zero-order valence-corrected chi connectivity index (χ0v) is 19.7. The molecule has 35 heavy (non-hydrogen) atoms. The quantitative estimate of drug-likeness (QED) is 0.388. The van der Waals surface area contributed by atoms with E-state index in [1.165, 1.54) is 0 Å². The van der Waals surface area contributed by atoms with Gasteiger partial charge in [-0.05, 0) is 43.7 Å². The van der Waals surface area contributed by atoms with Crippen LogP contribution >= 0.6 is 0 Å². The molecule has 1 aromatic carbocycles. The maximum atomic E-state index is 13.2. The molecule has 1 aliphatic rings. The molecule has 0 saturated carbocycles. The maximum absolute atomic E-state index is 13.2. The number of ether oxygens (including phenoxy) is 4.